The van der Waals surface area contributed by atoms with Crippen LogP contribution in [0.1, 0.15) is 72.9 Å². The van der Waals surface area contributed by atoms with Gasteiger partial charge in [-0.2, -0.15) is 0 Å². The molecule has 2 aromatic heterocycles. The monoisotopic (exact) mass is 482 g/mol. The van der Waals surface area contributed by atoms with E-state index in [0.717, 1.165) is 19.5 Å². The van der Waals surface area contributed by atoms with Crippen LogP contribution in [-0.4, -0.2) is 31.3 Å². The van der Waals surface area contributed by atoms with Gasteiger partial charge >= 0.3 is 11.9 Å². The zero-order chi connectivity index (χ0) is 24.1. The molecule has 0 aliphatic rings. The molecule has 0 amide bonds. The Morgan fingerprint density at radius 1 is 0.688 bits per heavy atom. The highest BCUT2D eigenvalue weighted by atomic mass is 32.2. The lowest BCUT2D eigenvalue weighted by Crippen LogP contribution is -2.23. The molecule has 0 aromatic carbocycles. The van der Waals surface area contributed by atoms with Gasteiger partial charge in [-0.1, -0.05) is 21.5 Å². The number of aliphatic carboxylic acids is 2. The molecule has 0 saturated carbocycles. The minimum absolute atomic E-state index is 0.524. The number of hydrogen-bond acceptors (Lipinski definition) is 4. The van der Waals surface area contributed by atoms with Crippen molar-refractivity contribution in [3.63, 3.8) is 0 Å². The van der Waals surface area contributed by atoms with Crippen LogP contribution in [0.2, 0.25) is 0 Å². The summed E-state index contributed by atoms with van der Waals surface area (Å²) >= 11 is 0. The molecule has 6 nitrogen and oxygen atoms in total. The fraction of sp³-hybridized carbons (Fsp3) is 0.583. The molecule has 2 rings (SSSR count). The average Bonchev–Trinajstić information content (AvgIpc) is 3.22. The Kier molecular flexibility index (Phi) is 9.05. The second-order valence-electron chi connectivity index (χ2n) is 9.65. The van der Waals surface area contributed by atoms with Crippen LogP contribution in [0.25, 0.3) is 0 Å². The molecule has 2 N–H and O–H groups in total. The Balaban J connectivity index is 1.88. The fourth-order valence-corrected chi connectivity index (χ4v) is 6.20. The van der Waals surface area contributed by atoms with E-state index < -0.39 is 44.3 Å². The van der Waals surface area contributed by atoms with Gasteiger partial charge in [-0.3, -0.25) is 9.59 Å². The fourth-order valence-electron chi connectivity index (χ4n) is 3.53. The number of thiophene rings is 2. The maximum atomic E-state index is 12.7. The predicted octanol–water partition coefficient (Wildman–Crippen LogP) is 5.79. The van der Waals surface area contributed by atoms with Crippen LogP contribution < -0.4 is 0 Å². The highest BCUT2D eigenvalue weighted by Gasteiger charge is 2.28. The Hall–Kier alpha value is -1.74. The Morgan fingerprint density at radius 3 is 1.25 bits per heavy atom. The Bertz CT molecular complexity index is 862. The highest BCUT2D eigenvalue weighted by molar-refractivity contribution is 7.26. The summed E-state index contributed by atoms with van der Waals surface area (Å²) in [4.78, 5) is 25.7. The molecule has 0 fully saturated rings. The molecule has 0 aliphatic carbocycles. The summed E-state index contributed by atoms with van der Waals surface area (Å²) in [6.45, 7) is 6.79. The quantitative estimate of drug-likeness (QED) is 0.348. The largest absolute Gasteiger partial charge is 0.590 e. The van der Waals surface area contributed by atoms with Gasteiger partial charge in [0.2, 0.25) is 0 Å². The van der Waals surface area contributed by atoms with Crippen LogP contribution in [0.5, 0.6) is 0 Å². The molecule has 0 aliphatic heterocycles. The smallest absolute Gasteiger partial charge is 0.309 e. The van der Waals surface area contributed by atoms with Gasteiger partial charge in [0.1, 0.15) is 19.5 Å². The van der Waals surface area contributed by atoms with E-state index in [4.69, 9.17) is 0 Å². The first-order chi connectivity index (χ1) is 14.8. The maximum absolute atomic E-state index is 12.7. The molecule has 2 aromatic rings. The number of carboxylic acid groups (broad SMARTS) is 2. The predicted molar refractivity (Wildman–Crippen MR) is 126 cm³/mol. The van der Waals surface area contributed by atoms with Gasteiger partial charge in [0.25, 0.3) is 0 Å². The van der Waals surface area contributed by atoms with Crippen LogP contribution in [0.3, 0.4) is 0 Å². The zero-order valence-corrected chi connectivity index (χ0v) is 20.9. The molecule has 2 unspecified atom stereocenters. The van der Waals surface area contributed by atoms with Gasteiger partial charge in [-0.15, -0.1) is 0 Å². The molecule has 32 heavy (non-hydrogen) atoms. The van der Waals surface area contributed by atoms with Crippen molar-refractivity contribution in [1.82, 2.24) is 0 Å². The molecule has 178 valence electrons. The summed E-state index contributed by atoms with van der Waals surface area (Å²) in [5.41, 5.74) is -1.58. The molecule has 0 bridgehead atoms. The molecule has 0 saturated heterocycles. The van der Waals surface area contributed by atoms with Crippen molar-refractivity contribution < 1.29 is 28.9 Å². The summed E-state index contributed by atoms with van der Waals surface area (Å²) in [5, 5.41) is 18.4. The van der Waals surface area contributed by atoms with E-state index in [-0.39, 0.29) is 0 Å². The molecule has 0 radical (unpaired) electrons. The first-order valence-corrected chi connectivity index (χ1v) is 13.2. The van der Waals surface area contributed by atoms with E-state index in [1.54, 1.807) is 27.7 Å². The third-order valence-electron chi connectivity index (χ3n) is 6.09. The van der Waals surface area contributed by atoms with Gasteiger partial charge < -0.3 is 19.3 Å². The van der Waals surface area contributed by atoms with Crippen molar-refractivity contribution in [1.29, 1.82) is 0 Å². The van der Waals surface area contributed by atoms with E-state index in [1.807, 2.05) is 24.3 Å². The maximum Gasteiger partial charge on any atom is 0.309 e. The van der Waals surface area contributed by atoms with Crippen molar-refractivity contribution in [3.05, 3.63) is 43.8 Å². The average molecular weight is 483 g/mol. The summed E-state index contributed by atoms with van der Waals surface area (Å²) in [5.74, 6) is -1.65. The van der Waals surface area contributed by atoms with E-state index in [1.165, 1.54) is 0 Å². The van der Waals surface area contributed by atoms with Crippen molar-refractivity contribution >= 4 is 33.4 Å². The van der Waals surface area contributed by atoms with Crippen molar-refractivity contribution in [2.24, 2.45) is 10.8 Å². The number of carbonyl (C=O) groups is 2. The van der Waals surface area contributed by atoms with Gasteiger partial charge in [-0.05, 0) is 77.6 Å². The topological polar surface area (TPSA) is 121 Å². The van der Waals surface area contributed by atoms with Crippen LogP contribution in [0.15, 0.2) is 24.3 Å². The summed E-state index contributed by atoms with van der Waals surface area (Å²) in [7, 11) is -2.40. The zero-order valence-electron chi connectivity index (χ0n) is 19.3. The first-order valence-electron chi connectivity index (χ1n) is 10.9. The van der Waals surface area contributed by atoms with Gasteiger partial charge in [-0.25, -0.2) is 0 Å². The van der Waals surface area contributed by atoms with E-state index >= 15 is 0 Å². The van der Waals surface area contributed by atoms with Crippen molar-refractivity contribution in [2.75, 3.05) is 0 Å². The SMILES string of the molecule is CC(C)(CCCc1ccc(CCc2ccc(CCCC(C)(C)C(=O)O)[s+]2[O-])[s+]1[O-])C(=O)O. The summed E-state index contributed by atoms with van der Waals surface area (Å²) < 4.78 is 25.5. The van der Waals surface area contributed by atoms with E-state index in [2.05, 4.69) is 0 Å². The molecule has 8 heteroatoms. The van der Waals surface area contributed by atoms with E-state index in [9.17, 15) is 28.9 Å². The van der Waals surface area contributed by atoms with Gasteiger partial charge in [0.15, 0.2) is 0 Å². The van der Waals surface area contributed by atoms with Crippen molar-refractivity contribution in [3.8, 4) is 0 Å². The van der Waals surface area contributed by atoms with E-state index in [0.29, 0.717) is 51.4 Å². The van der Waals surface area contributed by atoms with Gasteiger partial charge in [0.05, 0.1) is 10.8 Å². The number of carboxylic acids is 2. The second kappa shape index (κ2) is 10.9. The molecular formula is C24H34O6S2. The van der Waals surface area contributed by atoms with Crippen LogP contribution in [0, 0.1) is 10.8 Å². The second-order valence-corrected chi connectivity index (χ2v) is 12.8. The first kappa shape index (κ1) is 26.5. The van der Waals surface area contributed by atoms with Crippen LogP contribution in [0.4, 0.5) is 0 Å². The highest BCUT2D eigenvalue weighted by Crippen LogP contribution is 2.34. The lowest BCUT2D eigenvalue weighted by molar-refractivity contribution is -0.148. The van der Waals surface area contributed by atoms with Crippen molar-refractivity contribution in [2.45, 2.75) is 79.1 Å². The standard InChI is InChI=1S/C24H34O6S2/c1-23(2,21(25)26)15-5-7-17-9-11-19(31(17)29)13-14-20-12-10-18(32(20)30)8-6-16-24(3,4)22(27)28/h9-12H,5-8,13-16H2,1-4H3,(H,25,26)(H,27,28). The molecule has 2 heterocycles. The molecular weight excluding hydrogens is 448 g/mol. The Labute approximate surface area is 195 Å². The number of hydrogen-bond donors (Lipinski definition) is 2. The number of aryl methyl sites for hydroxylation is 4. The number of rotatable bonds is 13. The van der Waals surface area contributed by atoms with Crippen LogP contribution in [-0.2, 0) is 35.3 Å². The normalized spacial score (nSPS) is 13.4. The summed E-state index contributed by atoms with van der Waals surface area (Å²) in [6, 6.07) is 7.48. The van der Waals surface area contributed by atoms with Crippen LogP contribution >= 0.6 is 21.5 Å². The molecule has 2 atom stereocenters. The minimum atomic E-state index is -1.20. The third-order valence-corrected chi connectivity index (χ3v) is 9.35. The van der Waals surface area contributed by atoms with Gasteiger partial charge in [0, 0.05) is 25.7 Å². The summed E-state index contributed by atoms with van der Waals surface area (Å²) in [6.07, 6.45) is 4.73. The lowest BCUT2D eigenvalue weighted by Gasteiger charge is -2.18. The Morgan fingerprint density at radius 2 is 0.969 bits per heavy atom. The third kappa shape index (κ3) is 6.88. The lowest BCUT2D eigenvalue weighted by atomic mass is 9.87. The molecule has 0 spiro atoms. The minimum Gasteiger partial charge on any atom is -0.590 e.